The van der Waals surface area contributed by atoms with E-state index in [-0.39, 0.29) is 29.8 Å². The lowest BCUT2D eigenvalue weighted by atomic mass is 9.96. The third-order valence-corrected chi connectivity index (χ3v) is 2.45. The molecule has 3 nitrogen and oxygen atoms in total. The first-order chi connectivity index (χ1) is 7.88. The Morgan fingerprint density at radius 3 is 2.33 bits per heavy atom. The summed E-state index contributed by atoms with van der Waals surface area (Å²) in [6.07, 6.45) is 0.333. The van der Waals surface area contributed by atoms with Crippen molar-refractivity contribution in [2.45, 2.75) is 33.2 Å². The van der Waals surface area contributed by atoms with Crippen molar-refractivity contribution >= 4 is 18.3 Å². The fourth-order valence-electron chi connectivity index (χ4n) is 1.45. The quantitative estimate of drug-likeness (QED) is 0.884. The van der Waals surface area contributed by atoms with Gasteiger partial charge in [-0.1, -0.05) is 51.1 Å². The van der Waals surface area contributed by atoms with Crippen LogP contribution in [0.4, 0.5) is 0 Å². The molecule has 1 rings (SSSR count). The third kappa shape index (κ3) is 6.62. The molecule has 1 unspecified atom stereocenters. The highest BCUT2D eigenvalue weighted by molar-refractivity contribution is 5.85. The fraction of sp³-hybridized carbons (Fsp3) is 0.500. The van der Waals surface area contributed by atoms with Gasteiger partial charge in [-0.15, -0.1) is 12.4 Å². The summed E-state index contributed by atoms with van der Waals surface area (Å²) in [5.74, 6) is 0.0104. The molecule has 1 amide bonds. The van der Waals surface area contributed by atoms with Gasteiger partial charge in [-0.3, -0.25) is 4.79 Å². The van der Waals surface area contributed by atoms with E-state index >= 15 is 0 Å². The van der Waals surface area contributed by atoms with Crippen molar-refractivity contribution in [2.24, 2.45) is 11.1 Å². The molecule has 0 aliphatic rings. The number of carbonyl (C=O) groups excluding carboxylic acids is 1. The number of nitrogens with one attached hydrogen (secondary N) is 1. The first kappa shape index (κ1) is 16.9. The maximum absolute atomic E-state index is 11.7. The molecule has 1 atom stereocenters. The van der Waals surface area contributed by atoms with Crippen LogP contribution in [0.5, 0.6) is 0 Å². The van der Waals surface area contributed by atoms with E-state index < -0.39 is 0 Å². The van der Waals surface area contributed by atoms with Crippen molar-refractivity contribution in [1.82, 2.24) is 5.32 Å². The van der Waals surface area contributed by atoms with E-state index in [4.69, 9.17) is 5.73 Å². The van der Waals surface area contributed by atoms with E-state index in [1.807, 2.05) is 30.3 Å². The Morgan fingerprint density at radius 1 is 1.28 bits per heavy atom. The standard InChI is InChI=1S/C14H22N2O.ClH/c1-14(2,3)10-16-13(17)9-12(15)11-7-5-4-6-8-11;/h4-8,12H,9-10,15H2,1-3H3,(H,16,17);1H. The van der Waals surface area contributed by atoms with Crippen LogP contribution in [-0.4, -0.2) is 12.5 Å². The maximum atomic E-state index is 11.7. The SMILES string of the molecule is CC(C)(C)CNC(=O)CC(N)c1ccccc1.Cl. The van der Waals surface area contributed by atoms with Crippen LogP contribution in [0.3, 0.4) is 0 Å². The molecule has 0 saturated carbocycles. The molecule has 1 aromatic rings. The summed E-state index contributed by atoms with van der Waals surface area (Å²) in [4.78, 5) is 11.7. The number of hydrogen-bond donors (Lipinski definition) is 2. The Morgan fingerprint density at radius 2 is 1.83 bits per heavy atom. The smallest absolute Gasteiger partial charge is 0.221 e. The Bertz CT molecular complexity index is 360. The van der Waals surface area contributed by atoms with E-state index in [0.717, 1.165) is 5.56 Å². The summed E-state index contributed by atoms with van der Waals surface area (Å²) in [7, 11) is 0. The van der Waals surface area contributed by atoms with Gasteiger partial charge in [-0.25, -0.2) is 0 Å². The van der Waals surface area contributed by atoms with Gasteiger partial charge >= 0.3 is 0 Å². The second kappa shape index (κ2) is 7.39. The first-order valence-corrected chi connectivity index (χ1v) is 5.96. The minimum atomic E-state index is -0.226. The van der Waals surface area contributed by atoms with Crippen molar-refractivity contribution in [2.75, 3.05) is 6.54 Å². The van der Waals surface area contributed by atoms with E-state index in [0.29, 0.717) is 13.0 Å². The van der Waals surface area contributed by atoms with Crippen LogP contribution < -0.4 is 11.1 Å². The topological polar surface area (TPSA) is 55.1 Å². The highest BCUT2D eigenvalue weighted by atomic mass is 35.5. The van der Waals surface area contributed by atoms with Crippen LogP contribution >= 0.6 is 12.4 Å². The molecule has 0 aliphatic heterocycles. The zero-order valence-electron chi connectivity index (χ0n) is 11.3. The molecule has 1 aromatic carbocycles. The highest BCUT2D eigenvalue weighted by Gasteiger charge is 2.14. The molecule has 0 saturated heterocycles. The summed E-state index contributed by atoms with van der Waals surface area (Å²) < 4.78 is 0. The molecule has 3 N–H and O–H groups in total. The van der Waals surface area contributed by atoms with Crippen LogP contribution in [-0.2, 0) is 4.79 Å². The monoisotopic (exact) mass is 270 g/mol. The summed E-state index contributed by atoms with van der Waals surface area (Å²) >= 11 is 0. The number of halogens is 1. The first-order valence-electron chi connectivity index (χ1n) is 5.96. The van der Waals surface area contributed by atoms with E-state index in [1.54, 1.807) is 0 Å². The fourth-order valence-corrected chi connectivity index (χ4v) is 1.45. The highest BCUT2D eigenvalue weighted by Crippen LogP contribution is 2.14. The van der Waals surface area contributed by atoms with E-state index in [2.05, 4.69) is 26.1 Å². The molecular formula is C14H23ClN2O. The van der Waals surface area contributed by atoms with Crippen molar-refractivity contribution < 1.29 is 4.79 Å². The predicted octanol–water partition coefficient (Wildman–Crippen LogP) is 2.66. The summed E-state index contributed by atoms with van der Waals surface area (Å²) in [5.41, 5.74) is 7.08. The summed E-state index contributed by atoms with van der Waals surface area (Å²) in [6.45, 7) is 6.94. The molecule has 4 heteroatoms. The molecule has 0 aromatic heterocycles. The molecular weight excluding hydrogens is 248 g/mol. The van der Waals surface area contributed by atoms with Gasteiger partial charge in [0.05, 0.1) is 0 Å². The summed E-state index contributed by atoms with van der Waals surface area (Å²) in [5, 5.41) is 2.90. The van der Waals surface area contributed by atoms with Gasteiger partial charge in [0.15, 0.2) is 0 Å². The molecule has 0 fully saturated rings. The van der Waals surface area contributed by atoms with Gasteiger partial charge in [0.1, 0.15) is 0 Å². The summed E-state index contributed by atoms with van der Waals surface area (Å²) in [6, 6.07) is 9.47. The molecule has 0 radical (unpaired) electrons. The number of amides is 1. The molecule has 0 bridgehead atoms. The molecule has 0 heterocycles. The average Bonchev–Trinajstić information content (AvgIpc) is 2.27. The Labute approximate surface area is 116 Å². The van der Waals surface area contributed by atoms with Gasteiger partial charge in [0, 0.05) is 19.0 Å². The predicted molar refractivity (Wildman–Crippen MR) is 77.7 cm³/mol. The van der Waals surface area contributed by atoms with Crippen LogP contribution in [0.1, 0.15) is 38.8 Å². The van der Waals surface area contributed by atoms with Gasteiger partial charge in [-0.2, -0.15) is 0 Å². The second-order valence-electron chi connectivity index (χ2n) is 5.56. The molecule has 18 heavy (non-hydrogen) atoms. The number of rotatable bonds is 4. The number of carbonyl (C=O) groups is 1. The largest absolute Gasteiger partial charge is 0.356 e. The van der Waals surface area contributed by atoms with Crippen LogP contribution in [0.15, 0.2) is 30.3 Å². The van der Waals surface area contributed by atoms with Crippen LogP contribution in [0.25, 0.3) is 0 Å². The van der Waals surface area contributed by atoms with Crippen molar-refractivity contribution in [1.29, 1.82) is 0 Å². The van der Waals surface area contributed by atoms with Crippen LogP contribution in [0, 0.1) is 5.41 Å². The average molecular weight is 271 g/mol. The van der Waals surface area contributed by atoms with Crippen LogP contribution in [0.2, 0.25) is 0 Å². The zero-order valence-corrected chi connectivity index (χ0v) is 12.1. The van der Waals surface area contributed by atoms with E-state index in [1.165, 1.54) is 0 Å². The molecule has 0 spiro atoms. The van der Waals surface area contributed by atoms with Crippen molar-refractivity contribution in [3.63, 3.8) is 0 Å². The number of benzene rings is 1. The minimum Gasteiger partial charge on any atom is -0.356 e. The molecule has 0 aliphatic carbocycles. The Kier molecular flexibility index (Phi) is 6.96. The van der Waals surface area contributed by atoms with Gasteiger partial charge in [-0.05, 0) is 11.0 Å². The second-order valence-corrected chi connectivity index (χ2v) is 5.56. The Balaban J connectivity index is 0.00000289. The van der Waals surface area contributed by atoms with Gasteiger partial charge < -0.3 is 11.1 Å². The van der Waals surface area contributed by atoms with Crippen molar-refractivity contribution in [3.8, 4) is 0 Å². The zero-order chi connectivity index (χ0) is 12.9. The lowest BCUT2D eigenvalue weighted by Gasteiger charge is -2.19. The number of nitrogens with two attached hydrogens (primary N) is 1. The van der Waals surface area contributed by atoms with Crippen molar-refractivity contribution in [3.05, 3.63) is 35.9 Å². The maximum Gasteiger partial charge on any atom is 0.221 e. The minimum absolute atomic E-state index is 0. The molecule has 102 valence electrons. The number of hydrogen-bond acceptors (Lipinski definition) is 2. The van der Waals surface area contributed by atoms with Gasteiger partial charge in [0.2, 0.25) is 5.91 Å². The third-order valence-electron chi connectivity index (χ3n) is 2.45. The normalized spacial score (nSPS) is 12.4. The lowest BCUT2D eigenvalue weighted by molar-refractivity contribution is -0.121. The Hall–Kier alpha value is -1.06. The van der Waals surface area contributed by atoms with E-state index in [9.17, 15) is 4.79 Å². The lowest BCUT2D eigenvalue weighted by Crippen LogP contribution is -2.34. The van der Waals surface area contributed by atoms with Gasteiger partial charge in [0.25, 0.3) is 0 Å².